The van der Waals surface area contributed by atoms with Gasteiger partial charge in [-0.2, -0.15) is 5.10 Å². The van der Waals surface area contributed by atoms with Crippen molar-refractivity contribution in [2.75, 3.05) is 5.43 Å². The van der Waals surface area contributed by atoms with E-state index >= 15 is 0 Å². The van der Waals surface area contributed by atoms with Crippen molar-refractivity contribution in [1.82, 2.24) is 4.98 Å². The Hall–Kier alpha value is -2.20. The molecular formula is C15H13N3S. The first-order chi connectivity index (χ1) is 9.31. The summed E-state index contributed by atoms with van der Waals surface area (Å²) < 4.78 is 1.16. The normalized spacial score (nSPS) is 11.2. The Morgan fingerprint density at radius 1 is 1.11 bits per heavy atom. The minimum atomic E-state index is 0.810. The SMILES string of the molecule is Cc1ccc(/C=N\Nc2nc3ccccc3s2)cc1. The Bertz CT molecular complexity index is 681. The molecule has 0 aliphatic carbocycles. The fraction of sp³-hybridized carbons (Fsp3) is 0.0667. The van der Waals surface area contributed by atoms with Crippen LogP contribution in [0.5, 0.6) is 0 Å². The van der Waals surface area contributed by atoms with Crippen LogP contribution in [-0.4, -0.2) is 11.2 Å². The Balaban J connectivity index is 1.73. The Morgan fingerprint density at radius 2 is 1.89 bits per heavy atom. The fourth-order valence-corrected chi connectivity index (χ4v) is 2.55. The number of hydrogen-bond acceptors (Lipinski definition) is 4. The molecule has 94 valence electrons. The van der Waals surface area contributed by atoms with Crippen molar-refractivity contribution in [2.45, 2.75) is 6.92 Å². The first-order valence-electron chi connectivity index (χ1n) is 6.02. The molecule has 0 radical (unpaired) electrons. The van der Waals surface area contributed by atoms with E-state index in [0.29, 0.717) is 0 Å². The maximum Gasteiger partial charge on any atom is 0.204 e. The summed E-state index contributed by atoms with van der Waals surface area (Å²) in [5.41, 5.74) is 6.29. The van der Waals surface area contributed by atoms with Gasteiger partial charge in [-0.3, -0.25) is 5.43 Å². The van der Waals surface area contributed by atoms with E-state index in [-0.39, 0.29) is 0 Å². The van der Waals surface area contributed by atoms with E-state index in [9.17, 15) is 0 Å². The van der Waals surface area contributed by atoms with Gasteiger partial charge in [0, 0.05) is 0 Å². The van der Waals surface area contributed by atoms with Crippen molar-refractivity contribution in [3.8, 4) is 0 Å². The molecule has 2 aromatic carbocycles. The topological polar surface area (TPSA) is 37.3 Å². The largest absolute Gasteiger partial charge is 0.253 e. The highest BCUT2D eigenvalue weighted by Crippen LogP contribution is 2.25. The van der Waals surface area contributed by atoms with Gasteiger partial charge in [0.05, 0.1) is 16.4 Å². The highest BCUT2D eigenvalue weighted by Gasteiger charge is 2.00. The third kappa shape index (κ3) is 2.80. The molecule has 0 saturated heterocycles. The van der Waals surface area contributed by atoms with Crippen LogP contribution in [0, 0.1) is 6.92 Å². The number of hydrogen-bond donors (Lipinski definition) is 1. The number of fused-ring (bicyclic) bond motifs is 1. The molecule has 19 heavy (non-hydrogen) atoms. The number of hydrazone groups is 1. The van der Waals surface area contributed by atoms with Crippen LogP contribution in [-0.2, 0) is 0 Å². The first kappa shape index (κ1) is 11.9. The molecule has 1 N–H and O–H groups in total. The smallest absolute Gasteiger partial charge is 0.204 e. The lowest BCUT2D eigenvalue weighted by molar-refractivity contribution is 1.31. The molecule has 3 nitrogen and oxygen atoms in total. The number of rotatable bonds is 3. The van der Waals surface area contributed by atoms with Crippen LogP contribution in [0.2, 0.25) is 0 Å². The van der Waals surface area contributed by atoms with Crippen LogP contribution in [0.15, 0.2) is 53.6 Å². The van der Waals surface area contributed by atoms with Crippen LogP contribution in [0.3, 0.4) is 0 Å². The molecule has 0 bridgehead atoms. The third-order valence-electron chi connectivity index (χ3n) is 2.75. The maximum absolute atomic E-state index is 4.45. The second kappa shape index (κ2) is 5.20. The highest BCUT2D eigenvalue weighted by molar-refractivity contribution is 7.22. The fourth-order valence-electron chi connectivity index (χ4n) is 1.73. The van der Waals surface area contributed by atoms with Crippen molar-refractivity contribution in [3.05, 3.63) is 59.7 Å². The minimum Gasteiger partial charge on any atom is -0.253 e. The molecule has 1 heterocycles. The molecule has 0 fully saturated rings. The van der Waals surface area contributed by atoms with Gasteiger partial charge in [0.1, 0.15) is 0 Å². The number of nitrogens with zero attached hydrogens (tertiary/aromatic N) is 2. The zero-order valence-corrected chi connectivity index (χ0v) is 11.3. The quantitative estimate of drug-likeness (QED) is 0.574. The Kier molecular flexibility index (Phi) is 3.25. The van der Waals surface area contributed by atoms with E-state index in [1.165, 1.54) is 5.56 Å². The zero-order valence-electron chi connectivity index (χ0n) is 10.5. The van der Waals surface area contributed by atoms with Gasteiger partial charge < -0.3 is 0 Å². The van der Waals surface area contributed by atoms with Crippen LogP contribution >= 0.6 is 11.3 Å². The molecule has 1 aromatic heterocycles. The average molecular weight is 267 g/mol. The van der Waals surface area contributed by atoms with Crippen LogP contribution in [0.25, 0.3) is 10.2 Å². The summed E-state index contributed by atoms with van der Waals surface area (Å²) in [7, 11) is 0. The lowest BCUT2D eigenvalue weighted by Crippen LogP contribution is -1.89. The van der Waals surface area contributed by atoms with Gasteiger partial charge in [-0.1, -0.05) is 53.3 Å². The summed E-state index contributed by atoms with van der Waals surface area (Å²) in [6.45, 7) is 2.07. The molecule has 4 heteroatoms. The van der Waals surface area contributed by atoms with E-state index in [2.05, 4.69) is 40.6 Å². The molecule has 0 saturated carbocycles. The van der Waals surface area contributed by atoms with E-state index in [4.69, 9.17) is 0 Å². The molecule has 0 atom stereocenters. The van der Waals surface area contributed by atoms with Gasteiger partial charge >= 0.3 is 0 Å². The van der Waals surface area contributed by atoms with Crippen molar-refractivity contribution in [1.29, 1.82) is 0 Å². The summed E-state index contributed by atoms with van der Waals surface area (Å²) in [6.07, 6.45) is 1.80. The zero-order chi connectivity index (χ0) is 13.1. The molecule has 0 unspecified atom stereocenters. The summed E-state index contributed by atoms with van der Waals surface area (Å²) >= 11 is 1.60. The van der Waals surface area contributed by atoms with Gasteiger partial charge in [-0.05, 0) is 24.6 Å². The third-order valence-corrected chi connectivity index (χ3v) is 3.69. The molecular weight excluding hydrogens is 254 g/mol. The van der Waals surface area contributed by atoms with Crippen LogP contribution in [0.4, 0.5) is 5.13 Å². The van der Waals surface area contributed by atoms with Gasteiger partial charge in [0.15, 0.2) is 0 Å². The maximum atomic E-state index is 4.45. The number of para-hydroxylation sites is 1. The number of benzene rings is 2. The van der Waals surface area contributed by atoms with E-state index in [0.717, 1.165) is 20.9 Å². The summed E-state index contributed by atoms with van der Waals surface area (Å²) in [5.74, 6) is 0. The molecule has 0 spiro atoms. The number of thiazole rings is 1. The summed E-state index contributed by atoms with van der Waals surface area (Å²) in [5, 5.41) is 5.02. The number of aromatic nitrogens is 1. The summed E-state index contributed by atoms with van der Waals surface area (Å²) in [4.78, 5) is 4.45. The lowest BCUT2D eigenvalue weighted by atomic mass is 10.2. The first-order valence-corrected chi connectivity index (χ1v) is 6.84. The van der Waals surface area contributed by atoms with Crippen LogP contribution in [0.1, 0.15) is 11.1 Å². The molecule has 3 rings (SSSR count). The second-order valence-corrected chi connectivity index (χ2v) is 5.30. The standard InChI is InChI=1S/C15H13N3S/c1-11-6-8-12(9-7-11)10-16-18-15-17-13-4-2-3-5-14(13)19-15/h2-10H,1H3,(H,17,18)/b16-10-. The average Bonchev–Trinajstić information content (AvgIpc) is 2.83. The molecule has 0 aliphatic heterocycles. The van der Waals surface area contributed by atoms with E-state index < -0.39 is 0 Å². The van der Waals surface area contributed by atoms with Crippen molar-refractivity contribution < 1.29 is 0 Å². The molecule has 0 amide bonds. The summed E-state index contributed by atoms with van der Waals surface area (Å²) in [6, 6.07) is 16.3. The number of anilines is 1. The molecule has 0 aliphatic rings. The van der Waals surface area contributed by atoms with Crippen LogP contribution < -0.4 is 5.43 Å². The van der Waals surface area contributed by atoms with Crippen molar-refractivity contribution in [3.63, 3.8) is 0 Å². The highest BCUT2D eigenvalue weighted by atomic mass is 32.1. The van der Waals surface area contributed by atoms with Gasteiger partial charge in [-0.15, -0.1) is 0 Å². The Morgan fingerprint density at radius 3 is 2.68 bits per heavy atom. The van der Waals surface area contributed by atoms with Gasteiger partial charge in [-0.25, -0.2) is 4.98 Å². The predicted octanol–water partition coefficient (Wildman–Crippen LogP) is 4.05. The molecule has 3 aromatic rings. The minimum absolute atomic E-state index is 0.810. The van der Waals surface area contributed by atoms with Gasteiger partial charge in [0.2, 0.25) is 5.13 Å². The van der Waals surface area contributed by atoms with Gasteiger partial charge in [0.25, 0.3) is 0 Å². The van der Waals surface area contributed by atoms with Crippen molar-refractivity contribution in [2.24, 2.45) is 5.10 Å². The van der Waals surface area contributed by atoms with E-state index in [1.54, 1.807) is 17.6 Å². The second-order valence-electron chi connectivity index (χ2n) is 4.27. The number of aryl methyl sites for hydroxylation is 1. The lowest BCUT2D eigenvalue weighted by Gasteiger charge is -1.95. The Labute approximate surface area is 115 Å². The number of nitrogens with one attached hydrogen (secondary N) is 1. The monoisotopic (exact) mass is 267 g/mol. The predicted molar refractivity (Wildman–Crippen MR) is 82.0 cm³/mol. The van der Waals surface area contributed by atoms with Crippen molar-refractivity contribution >= 4 is 32.9 Å². The van der Waals surface area contributed by atoms with E-state index in [1.807, 2.05) is 30.3 Å².